The maximum atomic E-state index is 12.1. The first-order valence-electron chi connectivity index (χ1n) is 6.65. The highest BCUT2D eigenvalue weighted by atomic mass is 19.4. The molecular weight excluding hydrogens is 285 g/mol. The number of aromatic hydroxyl groups is 1. The molecule has 7 heteroatoms. The number of rotatable bonds is 3. The number of phenols is 1. The van der Waals surface area contributed by atoms with Crippen LogP contribution >= 0.6 is 0 Å². The van der Waals surface area contributed by atoms with Crippen molar-refractivity contribution < 1.29 is 23.1 Å². The predicted molar refractivity (Wildman–Crippen MR) is 70.7 cm³/mol. The Morgan fingerprint density at radius 3 is 2.81 bits per heavy atom. The highest BCUT2D eigenvalue weighted by molar-refractivity contribution is 5.81. The van der Waals surface area contributed by atoms with Crippen LogP contribution in [-0.4, -0.2) is 41.2 Å². The number of nitrogens with one attached hydrogen (secondary N) is 1. The van der Waals surface area contributed by atoms with Gasteiger partial charge in [0.05, 0.1) is 6.04 Å². The Hall–Kier alpha value is -1.76. The summed E-state index contributed by atoms with van der Waals surface area (Å²) in [5, 5.41) is 11.4. The third kappa shape index (κ3) is 4.10. The van der Waals surface area contributed by atoms with Crippen LogP contribution in [0.4, 0.5) is 13.2 Å². The maximum Gasteiger partial charge on any atom is 0.405 e. The van der Waals surface area contributed by atoms with Crippen LogP contribution in [0.2, 0.25) is 0 Å². The minimum absolute atomic E-state index is 0.143. The van der Waals surface area contributed by atoms with Gasteiger partial charge in [0.2, 0.25) is 5.91 Å². The van der Waals surface area contributed by atoms with Crippen molar-refractivity contribution in [3.8, 4) is 5.75 Å². The molecule has 0 bridgehead atoms. The van der Waals surface area contributed by atoms with Crippen molar-refractivity contribution in [2.75, 3.05) is 13.1 Å². The van der Waals surface area contributed by atoms with Gasteiger partial charge < -0.3 is 10.4 Å². The van der Waals surface area contributed by atoms with E-state index in [4.69, 9.17) is 0 Å². The van der Waals surface area contributed by atoms with Gasteiger partial charge in [-0.3, -0.25) is 9.69 Å². The highest BCUT2D eigenvalue weighted by Crippen LogP contribution is 2.24. The fourth-order valence-electron chi connectivity index (χ4n) is 2.40. The summed E-state index contributed by atoms with van der Waals surface area (Å²) in [6, 6.07) is 4.41. The van der Waals surface area contributed by atoms with E-state index < -0.39 is 24.7 Å². The van der Waals surface area contributed by atoms with E-state index >= 15 is 0 Å². The molecule has 0 aromatic heterocycles. The first-order valence-corrected chi connectivity index (χ1v) is 6.65. The van der Waals surface area contributed by atoms with Gasteiger partial charge in [-0.05, 0) is 36.6 Å². The average Bonchev–Trinajstić information content (AvgIpc) is 2.42. The molecule has 0 aliphatic carbocycles. The lowest BCUT2D eigenvalue weighted by atomic mass is 9.98. The van der Waals surface area contributed by atoms with Crippen molar-refractivity contribution in [1.82, 2.24) is 10.2 Å². The quantitative estimate of drug-likeness (QED) is 0.895. The summed E-state index contributed by atoms with van der Waals surface area (Å²) in [6.07, 6.45) is -3.71. The molecular formula is C14H17F3N2O2. The average molecular weight is 302 g/mol. The molecule has 0 fully saturated rings. The van der Waals surface area contributed by atoms with Gasteiger partial charge in [-0.1, -0.05) is 6.07 Å². The second kappa shape index (κ2) is 5.93. The third-order valence-corrected chi connectivity index (χ3v) is 3.62. The molecule has 4 nitrogen and oxygen atoms in total. The van der Waals surface area contributed by atoms with Gasteiger partial charge in [0, 0.05) is 13.1 Å². The molecule has 0 saturated heterocycles. The molecule has 2 rings (SSSR count). The largest absolute Gasteiger partial charge is 0.508 e. The number of fused-ring (bicyclic) bond motifs is 1. The number of carbonyl (C=O) groups excluding carboxylic acids is 1. The highest BCUT2D eigenvalue weighted by Gasteiger charge is 2.31. The lowest BCUT2D eigenvalue weighted by Crippen LogP contribution is -2.48. The summed E-state index contributed by atoms with van der Waals surface area (Å²) < 4.78 is 36.3. The van der Waals surface area contributed by atoms with E-state index in [9.17, 15) is 23.1 Å². The molecule has 1 aromatic rings. The van der Waals surface area contributed by atoms with E-state index in [-0.39, 0.29) is 5.75 Å². The zero-order valence-electron chi connectivity index (χ0n) is 11.6. The van der Waals surface area contributed by atoms with Crippen molar-refractivity contribution in [2.24, 2.45) is 0 Å². The van der Waals surface area contributed by atoms with E-state index in [1.54, 1.807) is 24.0 Å². The zero-order valence-corrected chi connectivity index (χ0v) is 11.6. The lowest BCUT2D eigenvalue weighted by Gasteiger charge is -2.33. The fourth-order valence-corrected chi connectivity index (χ4v) is 2.40. The van der Waals surface area contributed by atoms with Gasteiger partial charge in [0.25, 0.3) is 0 Å². The van der Waals surface area contributed by atoms with Gasteiger partial charge >= 0.3 is 6.18 Å². The molecule has 1 amide bonds. The number of hydrogen-bond donors (Lipinski definition) is 2. The summed E-state index contributed by atoms with van der Waals surface area (Å²) in [5.41, 5.74) is 1.99. The number of amides is 1. The van der Waals surface area contributed by atoms with E-state index in [1.807, 2.05) is 11.4 Å². The van der Waals surface area contributed by atoms with Gasteiger partial charge in [0.1, 0.15) is 12.3 Å². The van der Waals surface area contributed by atoms with Crippen molar-refractivity contribution in [3.05, 3.63) is 29.3 Å². The Balaban J connectivity index is 1.98. The van der Waals surface area contributed by atoms with Crippen LogP contribution in [0.25, 0.3) is 0 Å². The summed E-state index contributed by atoms with van der Waals surface area (Å²) in [5.74, 6) is -0.499. The van der Waals surface area contributed by atoms with Crippen molar-refractivity contribution in [2.45, 2.75) is 32.1 Å². The normalized spacial score (nSPS) is 17.1. The van der Waals surface area contributed by atoms with Gasteiger partial charge in [0.15, 0.2) is 0 Å². The Labute approximate surface area is 120 Å². The molecule has 1 aromatic carbocycles. The first-order chi connectivity index (χ1) is 9.76. The van der Waals surface area contributed by atoms with Gasteiger partial charge in [-0.15, -0.1) is 0 Å². The minimum Gasteiger partial charge on any atom is -0.508 e. The van der Waals surface area contributed by atoms with Crippen LogP contribution in [0.15, 0.2) is 18.2 Å². The van der Waals surface area contributed by atoms with E-state index in [1.165, 1.54) is 0 Å². The monoisotopic (exact) mass is 302 g/mol. The number of carbonyl (C=O) groups is 1. The molecule has 0 radical (unpaired) electrons. The summed E-state index contributed by atoms with van der Waals surface area (Å²) in [7, 11) is 0. The van der Waals surface area contributed by atoms with Crippen molar-refractivity contribution >= 4 is 5.91 Å². The second-order valence-electron chi connectivity index (χ2n) is 5.18. The Morgan fingerprint density at radius 2 is 2.14 bits per heavy atom. The molecule has 116 valence electrons. The number of nitrogens with zero attached hydrogens (tertiary/aromatic N) is 1. The number of hydrogen-bond acceptors (Lipinski definition) is 3. The zero-order chi connectivity index (χ0) is 15.6. The van der Waals surface area contributed by atoms with Crippen molar-refractivity contribution in [3.63, 3.8) is 0 Å². The minimum atomic E-state index is -4.41. The maximum absolute atomic E-state index is 12.1. The summed E-state index contributed by atoms with van der Waals surface area (Å²) in [4.78, 5) is 13.6. The topological polar surface area (TPSA) is 52.6 Å². The van der Waals surface area contributed by atoms with Crippen LogP contribution in [0.1, 0.15) is 18.1 Å². The fraction of sp³-hybridized carbons (Fsp3) is 0.500. The van der Waals surface area contributed by atoms with Crippen LogP contribution in [0.3, 0.4) is 0 Å². The number of halogens is 3. The molecule has 2 N–H and O–H groups in total. The summed E-state index contributed by atoms with van der Waals surface area (Å²) in [6.45, 7) is 1.30. The third-order valence-electron chi connectivity index (χ3n) is 3.62. The van der Waals surface area contributed by atoms with Crippen molar-refractivity contribution in [1.29, 1.82) is 0 Å². The van der Waals surface area contributed by atoms with Gasteiger partial charge in [-0.25, -0.2) is 0 Å². The van der Waals surface area contributed by atoms with Gasteiger partial charge in [-0.2, -0.15) is 13.2 Å². The molecule has 1 aliphatic heterocycles. The number of benzene rings is 1. The Kier molecular flexibility index (Phi) is 4.41. The van der Waals surface area contributed by atoms with Crippen LogP contribution < -0.4 is 5.32 Å². The second-order valence-corrected chi connectivity index (χ2v) is 5.18. The number of alkyl halides is 3. The Bertz CT molecular complexity index is 531. The predicted octanol–water partition coefficient (Wildman–Crippen LogP) is 1.82. The first kappa shape index (κ1) is 15.6. The SMILES string of the molecule is C[C@H](C(=O)NCC(F)(F)F)N1CCc2ccc(O)cc2C1. The van der Waals surface area contributed by atoms with Crippen LogP contribution in [0, 0.1) is 0 Å². The number of phenolic OH excluding ortho intramolecular Hbond substituents is 1. The molecule has 0 spiro atoms. The molecule has 0 saturated carbocycles. The summed E-state index contributed by atoms with van der Waals surface area (Å²) >= 11 is 0. The Morgan fingerprint density at radius 1 is 1.43 bits per heavy atom. The standard InChI is InChI=1S/C14H17F3N2O2/c1-9(13(21)18-8-14(15,16)17)19-5-4-10-2-3-12(20)6-11(10)7-19/h2-3,6,9,20H,4-5,7-8H2,1H3,(H,18,21)/t9-/m1/s1. The molecule has 21 heavy (non-hydrogen) atoms. The van der Waals surface area contributed by atoms with E-state index in [0.29, 0.717) is 19.5 Å². The molecule has 1 atom stereocenters. The molecule has 0 unspecified atom stereocenters. The smallest absolute Gasteiger partial charge is 0.405 e. The van der Waals surface area contributed by atoms with Crippen LogP contribution in [-0.2, 0) is 17.8 Å². The molecule has 1 heterocycles. The molecule has 1 aliphatic rings. The van der Waals surface area contributed by atoms with Crippen LogP contribution in [0.5, 0.6) is 5.75 Å². The lowest BCUT2D eigenvalue weighted by molar-refractivity contribution is -0.141. The van der Waals surface area contributed by atoms with E-state index in [0.717, 1.165) is 11.1 Å². The van der Waals surface area contributed by atoms with E-state index in [2.05, 4.69) is 0 Å².